The predicted octanol–water partition coefficient (Wildman–Crippen LogP) is 3.05. The van der Waals surface area contributed by atoms with Gasteiger partial charge in [0.25, 0.3) is 0 Å². The second-order valence-corrected chi connectivity index (χ2v) is 9.23. The van der Waals surface area contributed by atoms with E-state index in [1.54, 1.807) is 0 Å². The fourth-order valence-corrected chi connectivity index (χ4v) is 5.33. The Labute approximate surface area is 172 Å². The van der Waals surface area contributed by atoms with Gasteiger partial charge in [-0.1, -0.05) is 19.9 Å². The van der Waals surface area contributed by atoms with Crippen LogP contribution in [0.3, 0.4) is 0 Å². The first-order valence-electron chi connectivity index (χ1n) is 10.7. The average molecular weight is 395 g/mol. The maximum absolute atomic E-state index is 12.8. The van der Waals surface area contributed by atoms with Crippen molar-refractivity contribution in [2.24, 2.45) is 5.92 Å². The molecule has 2 aromatic rings. The highest BCUT2D eigenvalue weighted by Crippen LogP contribution is 2.49. The van der Waals surface area contributed by atoms with Crippen molar-refractivity contribution < 1.29 is 9.53 Å². The first-order chi connectivity index (χ1) is 13.9. The maximum Gasteiger partial charge on any atom is 0.226 e. The minimum atomic E-state index is -0.407. The number of nitrogens with zero attached hydrogens (tertiary/aromatic N) is 4. The Kier molecular flexibility index (Phi) is 4.33. The smallest absolute Gasteiger partial charge is 0.226 e. The van der Waals surface area contributed by atoms with Crippen molar-refractivity contribution in [2.75, 3.05) is 13.2 Å². The summed E-state index contributed by atoms with van der Waals surface area (Å²) in [4.78, 5) is 17.3. The molecule has 1 amide bonds. The zero-order chi connectivity index (χ0) is 20.3. The molecule has 0 radical (unpaired) electrons. The van der Waals surface area contributed by atoms with Gasteiger partial charge in [-0.2, -0.15) is 5.10 Å². The SMILES string of the molecule is Cc1ccc(-n2cc(CN3CC[C@@]45OC[C@@H](C(C)C)N4C(=O)C[C@@H]35)cn2)cc1C. The van der Waals surface area contributed by atoms with Crippen LogP contribution in [0.4, 0.5) is 0 Å². The molecule has 0 aliphatic carbocycles. The minimum Gasteiger partial charge on any atom is -0.352 e. The van der Waals surface area contributed by atoms with Crippen LogP contribution < -0.4 is 0 Å². The molecule has 4 heterocycles. The molecule has 3 aliphatic heterocycles. The molecule has 6 nitrogen and oxygen atoms in total. The van der Waals surface area contributed by atoms with E-state index in [1.807, 2.05) is 10.9 Å². The van der Waals surface area contributed by atoms with Crippen LogP contribution >= 0.6 is 0 Å². The summed E-state index contributed by atoms with van der Waals surface area (Å²) in [5.41, 5.74) is 4.40. The van der Waals surface area contributed by atoms with Crippen LogP contribution in [-0.2, 0) is 16.1 Å². The highest BCUT2D eigenvalue weighted by molar-refractivity contribution is 5.82. The lowest BCUT2D eigenvalue weighted by molar-refractivity contribution is -0.139. The third kappa shape index (κ3) is 2.84. The minimum absolute atomic E-state index is 0.142. The van der Waals surface area contributed by atoms with E-state index in [4.69, 9.17) is 4.74 Å². The molecule has 3 fully saturated rings. The Hall–Kier alpha value is -2.18. The van der Waals surface area contributed by atoms with Crippen molar-refractivity contribution in [1.82, 2.24) is 19.6 Å². The standard InChI is InChI=1S/C23H30N4O2/c1-15(2)20-14-29-23-7-8-25(21(23)10-22(28)27(20)23)12-18-11-24-26(13-18)19-6-5-16(3)17(4)9-19/h5-6,9,11,13,15,20-21H,7-8,10,12,14H2,1-4H3/t20-,21+,23-/m0/s1. The normalized spacial score (nSPS) is 29.1. The number of carbonyl (C=O) groups is 1. The van der Waals surface area contributed by atoms with Crippen LogP contribution in [0.25, 0.3) is 5.69 Å². The van der Waals surface area contributed by atoms with Gasteiger partial charge in [0.2, 0.25) is 5.91 Å². The summed E-state index contributed by atoms with van der Waals surface area (Å²) >= 11 is 0. The monoisotopic (exact) mass is 394 g/mol. The molecule has 3 aliphatic rings. The van der Waals surface area contributed by atoms with Crippen LogP contribution in [0, 0.1) is 19.8 Å². The molecule has 5 rings (SSSR count). The number of carbonyl (C=O) groups excluding carboxylic acids is 1. The summed E-state index contributed by atoms with van der Waals surface area (Å²) < 4.78 is 8.29. The molecule has 0 saturated carbocycles. The third-order valence-corrected chi connectivity index (χ3v) is 7.15. The van der Waals surface area contributed by atoms with Crippen LogP contribution in [0.1, 0.15) is 43.4 Å². The summed E-state index contributed by atoms with van der Waals surface area (Å²) in [6, 6.07) is 6.76. The average Bonchev–Trinajstić information content (AvgIpc) is 3.41. The van der Waals surface area contributed by atoms with E-state index in [-0.39, 0.29) is 18.0 Å². The molecule has 6 heteroatoms. The third-order valence-electron chi connectivity index (χ3n) is 7.15. The summed E-state index contributed by atoms with van der Waals surface area (Å²) in [6.07, 6.45) is 5.52. The van der Waals surface area contributed by atoms with Crippen molar-refractivity contribution in [3.8, 4) is 5.69 Å². The maximum atomic E-state index is 12.8. The number of aromatic nitrogens is 2. The van der Waals surface area contributed by atoms with E-state index in [9.17, 15) is 4.79 Å². The number of likely N-dealkylation sites (tertiary alicyclic amines) is 1. The fourth-order valence-electron chi connectivity index (χ4n) is 5.33. The predicted molar refractivity (Wildman–Crippen MR) is 111 cm³/mol. The topological polar surface area (TPSA) is 50.6 Å². The van der Waals surface area contributed by atoms with Gasteiger partial charge in [0.05, 0.1) is 30.6 Å². The number of rotatable bonds is 4. The van der Waals surface area contributed by atoms with E-state index < -0.39 is 5.72 Å². The molecule has 1 aromatic carbocycles. The lowest BCUT2D eigenvalue weighted by Crippen LogP contribution is -2.50. The van der Waals surface area contributed by atoms with Crippen molar-refractivity contribution >= 4 is 5.91 Å². The molecule has 0 N–H and O–H groups in total. The lowest BCUT2D eigenvalue weighted by Gasteiger charge is -2.34. The first-order valence-corrected chi connectivity index (χ1v) is 10.7. The molecule has 0 bridgehead atoms. The molecular formula is C23H30N4O2. The molecule has 154 valence electrons. The number of benzene rings is 1. The highest BCUT2D eigenvalue weighted by atomic mass is 16.5. The van der Waals surface area contributed by atoms with Gasteiger partial charge in [0.15, 0.2) is 5.72 Å². The second kappa shape index (κ2) is 6.67. The Morgan fingerprint density at radius 2 is 2.10 bits per heavy atom. The van der Waals surface area contributed by atoms with Crippen molar-refractivity contribution in [2.45, 2.75) is 64.9 Å². The molecule has 29 heavy (non-hydrogen) atoms. The van der Waals surface area contributed by atoms with Gasteiger partial charge >= 0.3 is 0 Å². The molecule has 0 unspecified atom stereocenters. The van der Waals surface area contributed by atoms with Crippen molar-refractivity contribution in [3.63, 3.8) is 0 Å². The Morgan fingerprint density at radius 1 is 1.28 bits per heavy atom. The van der Waals surface area contributed by atoms with Crippen LogP contribution in [0.5, 0.6) is 0 Å². The Morgan fingerprint density at radius 3 is 2.86 bits per heavy atom. The number of aryl methyl sites for hydroxylation is 2. The number of hydrogen-bond acceptors (Lipinski definition) is 4. The molecule has 3 atom stereocenters. The van der Waals surface area contributed by atoms with Crippen molar-refractivity contribution in [1.29, 1.82) is 0 Å². The zero-order valence-electron chi connectivity index (χ0n) is 17.8. The molecule has 3 saturated heterocycles. The van der Waals surface area contributed by atoms with Gasteiger partial charge in [-0.3, -0.25) is 9.69 Å². The summed E-state index contributed by atoms with van der Waals surface area (Å²) in [5, 5.41) is 4.58. The van der Waals surface area contributed by atoms with Crippen LogP contribution in [-0.4, -0.2) is 56.4 Å². The highest BCUT2D eigenvalue weighted by Gasteiger charge is 2.64. The lowest BCUT2D eigenvalue weighted by atomic mass is 10.0. The zero-order valence-corrected chi connectivity index (χ0v) is 17.8. The number of hydrogen-bond donors (Lipinski definition) is 0. The van der Waals surface area contributed by atoms with Gasteiger partial charge in [-0.25, -0.2) is 4.68 Å². The second-order valence-electron chi connectivity index (χ2n) is 9.23. The van der Waals surface area contributed by atoms with E-state index in [2.05, 4.69) is 67.0 Å². The first kappa shape index (κ1) is 18.8. The Balaban J connectivity index is 1.35. The van der Waals surface area contributed by atoms with E-state index in [0.29, 0.717) is 18.9 Å². The summed E-state index contributed by atoms with van der Waals surface area (Å²) in [7, 11) is 0. The van der Waals surface area contributed by atoms with Crippen LogP contribution in [0.2, 0.25) is 0 Å². The van der Waals surface area contributed by atoms with E-state index in [0.717, 1.165) is 25.2 Å². The van der Waals surface area contributed by atoms with Gasteiger partial charge in [-0.05, 0) is 43.0 Å². The number of ether oxygens (including phenoxy) is 1. The van der Waals surface area contributed by atoms with Crippen molar-refractivity contribution in [3.05, 3.63) is 47.3 Å². The summed E-state index contributed by atoms with van der Waals surface area (Å²) in [5.74, 6) is 0.670. The van der Waals surface area contributed by atoms with E-state index in [1.165, 1.54) is 16.7 Å². The van der Waals surface area contributed by atoms with Crippen LogP contribution in [0.15, 0.2) is 30.6 Å². The molecule has 1 aromatic heterocycles. The molecule has 1 spiro atoms. The molecular weight excluding hydrogens is 364 g/mol. The van der Waals surface area contributed by atoms with Gasteiger partial charge in [0, 0.05) is 37.7 Å². The fraction of sp³-hybridized carbons (Fsp3) is 0.565. The van der Waals surface area contributed by atoms with Gasteiger partial charge in [-0.15, -0.1) is 0 Å². The largest absolute Gasteiger partial charge is 0.352 e. The van der Waals surface area contributed by atoms with Gasteiger partial charge < -0.3 is 9.64 Å². The number of amides is 1. The van der Waals surface area contributed by atoms with Gasteiger partial charge in [0.1, 0.15) is 0 Å². The summed E-state index contributed by atoms with van der Waals surface area (Å²) in [6.45, 7) is 11.0. The Bertz CT molecular complexity index is 952. The van der Waals surface area contributed by atoms with E-state index >= 15 is 0 Å². The quantitative estimate of drug-likeness (QED) is 0.800.